The summed E-state index contributed by atoms with van der Waals surface area (Å²) in [6, 6.07) is 7.71. The molecule has 0 saturated heterocycles. The molecule has 0 spiro atoms. The summed E-state index contributed by atoms with van der Waals surface area (Å²) in [5.41, 5.74) is 7.21. The van der Waals surface area contributed by atoms with Crippen LogP contribution in [-0.2, 0) is 0 Å². The second-order valence-corrected chi connectivity index (χ2v) is 4.61. The number of thiazole rings is 1. The van der Waals surface area contributed by atoms with Crippen molar-refractivity contribution in [1.82, 2.24) is 9.38 Å². The zero-order chi connectivity index (χ0) is 11.3. The fourth-order valence-electron chi connectivity index (χ4n) is 1.72. The van der Waals surface area contributed by atoms with Gasteiger partial charge in [-0.15, -0.1) is 0 Å². The predicted octanol–water partition coefficient (Wildman–Crippen LogP) is 1.80. The highest BCUT2D eigenvalue weighted by Crippen LogP contribution is 2.24. The van der Waals surface area contributed by atoms with Crippen molar-refractivity contribution in [3.63, 3.8) is 0 Å². The number of nitrogen functional groups attached to an aromatic ring is 1. The molecule has 0 radical (unpaired) electrons. The minimum absolute atomic E-state index is 0.181. The number of hydrogen-bond acceptors (Lipinski definition) is 4. The van der Waals surface area contributed by atoms with Crippen LogP contribution < -0.4 is 11.3 Å². The molecule has 0 saturated carbocycles. The first-order valence-electron chi connectivity index (χ1n) is 4.85. The molecule has 80 valence electrons. The summed E-state index contributed by atoms with van der Waals surface area (Å²) in [6.45, 7) is 1.75. The van der Waals surface area contributed by atoms with Crippen molar-refractivity contribution < 1.29 is 0 Å². The largest absolute Gasteiger partial charge is 0.393 e. The van der Waals surface area contributed by atoms with Crippen LogP contribution in [-0.4, -0.2) is 9.38 Å². The fourth-order valence-corrected chi connectivity index (χ4v) is 2.79. The first-order chi connectivity index (χ1) is 7.68. The van der Waals surface area contributed by atoms with Crippen LogP contribution >= 0.6 is 11.3 Å². The summed E-state index contributed by atoms with van der Waals surface area (Å²) < 4.78 is 2.61. The molecule has 3 aromatic rings. The second kappa shape index (κ2) is 3.05. The SMILES string of the molecule is Cc1nc2sc3ccccc3n2c(=O)c1N. The summed E-state index contributed by atoms with van der Waals surface area (Å²) >= 11 is 1.49. The molecule has 4 nitrogen and oxygen atoms in total. The molecule has 16 heavy (non-hydrogen) atoms. The highest BCUT2D eigenvalue weighted by atomic mass is 32.1. The topological polar surface area (TPSA) is 60.4 Å². The lowest BCUT2D eigenvalue weighted by Gasteiger charge is -1.99. The molecule has 0 unspecified atom stereocenters. The van der Waals surface area contributed by atoms with E-state index in [1.807, 2.05) is 24.3 Å². The molecular weight excluding hydrogens is 222 g/mol. The quantitative estimate of drug-likeness (QED) is 0.641. The van der Waals surface area contributed by atoms with Crippen molar-refractivity contribution in [2.45, 2.75) is 6.92 Å². The predicted molar refractivity (Wildman–Crippen MR) is 66.0 cm³/mol. The van der Waals surface area contributed by atoms with Gasteiger partial charge in [0.2, 0.25) is 0 Å². The van der Waals surface area contributed by atoms with Crippen LogP contribution in [0.15, 0.2) is 29.1 Å². The number of nitrogens with two attached hydrogens (primary N) is 1. The van der Waals surface area contributed by atoms with Crippen molar-refractivity contribution in [2.24, 2.45) is 0 Å². The minimum Gasteiger partial charge on any atom is -0.393 e. The Hall–Kier alpha value is -1.88. The van der Waals surface area contributed by atoms with E-state index in [0.29, 0.717) is 10.7 Å². The number of aromatic nitrogens is 2. The number of para-hydroxylation sites is 1. The third kappa shape index (κ3) is 1.09. The van der Waals surface area contributed by atoms with Gasteiger partial charge in [0.15, 0.2) is 4.96 Å². The van der Waals surface area contributed by atoms with Crippen LogP contribution in [0.3, 0.4) is 0 Å². The fraction of sp³-hybridized carbons (Fsp3) is 0.0909. The monoisotopic (exact) mass is 231 g/mol. The molecule has 1 aromatic carbocycles. The third-order valence-corrected chi connectivity index (χ3v) is 3.61. The number of benzene rings is 1. The molecule has 0 aliphatic heterocycles. The van der Waals surface area contributed by atoms with Crippen LogP contribution in [0.25, 0.3) is 15.2 Å². The van der Waals surface area contributed by atoms with Crippen LogP contribution in [0.2, 0.25) is 0 Å². The maximum absolute atomic E-state index is 12.0. The van der Waals surface area contributed by atoms with Gasteiger partial charge in [-0.2, -0.15) is 0 Å². The van der Waals surface area contributed by atoms with Gasteiger partial charge < -0.3 is 5.73 Å². The second-order valence-electron chi connectivity index (χ2n) is 3.60. The van der Waals surface area contributed by atoms with Gasteiger partial charge in [-0.05, 0) is 19.1 Å². The Bertz CT molecular complexity index is 757. The number of nitrogens with zero attached hydrogens (tertiary/aromatic N) is 2. The molecule has 2 aromatic heterocycles. The van der Waals surface area contributed by atoms with E-state index in [9.17, 15) is 4.79 Å². The smallest absolute Gasteiger partial charge is 0.282 e. The van der Waals surface area contributed by atoms with Gasteiger partial charge in [-0.3, -0.25) is 4.79 Å². The summed E-state index contributed by atoms with van der Waals surface area (Å²) in [7, 11) is 0. The summed E-state index contributed by atoms with van der Waals surface area (Å²) in [5, 5.41) is 0. The van der Waals surface area contributed by atoms with Gasteiger partial charge in [0.1, 0.15) is 5.69 Å². The molecule has 2 N–H and O–H groups in total. The van der Waals surface area contributed by atoms with Crippen molar-refractivity contribution in [2.75, 3.05) is 5.73 Å². The number of fused-ring (bicyclic) bond motifs is 3. The van der Waals surface area contributed by atoms with E-state index < -0.39 is 0 Å². The average Bonchev–Trinajstić information content (AvgIpc) is 2.64. The van der Waals surface area contributed by atoms with E-state index in [4.69, 9.17) is 5.73 Å². The van der Waals surface area contributed by atoms with E-state index in [2.05, 4.69) is 4.98 Å². The molecule has 0 fully saturated rings. The van der Waals surface area contributed by atoms with E-state index in [-0.39, 0.29) is 11.2 Å². The van der Waals surface area contributed by atoms with E-state index in [1.165, 1.54) is 11.3 Å². The Morgan fingerprint density at radius 2 is 2.12 bits per heavy atom. The van der Waals surface area contributed by atoms with Gasteiger partial charge in [0, 0.05) is 0 Å². The standard InChI is InChI=1S/C11H9N3OS/c1-6-9(12)10(15)14-7-4-2-3-5-8(7)16-11(14)13-6/h2-5H,12H2,1H3. The van der Waals surface area contributed by atoms with Gasteiger partial charge in [-0.1, -0.05) is 23.5 Å². The molecular formula is C11H9N3OS. The molecule has 5 heteroatoms. The van der Waals surface area contributed by atoms with Crippen LogP contribution in [0, 0.1) is 6.92 Å². The maximum atomic E-state index is 12.0. The van der Waals surface area contributed by atoms with Crippen molar-refractivity contribution in [3.05, 3.63) is 40.3 Å². The van der Waals surface area contributed by atoms with Crippen LogP contribution in [0.4, 0.5) is 5.69 Å². The number of hydrogen-bond donors (Lipinski definition) is 1. The highest BCUT2D eigenvalue weighted by molar-refractivity contribution is 7.23. The molecule has 0 bridgehead atoms. The van der Waals surface area contributed by atoms with Crippen molar-refractivity contribution in [1.29, 1.82) is 0 Å². The lowest BCUT2D eigenvalue weighted by molar-refractivity contribution is 1.08. The zero-order valence-electron chi connectivity index (χ0n) is 8.60. The number of rotatable bonds is 0. The molecule has 0 atom stereocenters. The Balaban J connectivity index is 2.68. The Labute approximate surface area is 95.0 Å². The Morgan fingerprint density at radius 1 is 1.38 bits per heavy atom. The van der Waals surface area contributed by atoms with Gasteiger partial charge >= 0.3 is 0 Å². The first-order valence-corrected chi connectivity index (χ1v) is 5.66. The zero-order valence-corrected chi connectivity index (χ0v) is 9.41. The Kier molecular flexibility index (Phi) is 1.79. The molecule has 0 amide bonds. The number of anilines is 1. The summed E-state index contributed by atoms with van der Waals surface area (Å²) in [6.07, 6.45) is 0. The van der Waals surface area contributed by atoms with E-state index >= 15 is 0 Å². The van der Waals surface area contributed by atoms with Gasteiger partial charge in [-0.25, -0.2) is 9.38 Å². The molecule has 0 aliphatic rings. The lowest BCUT2D eigenvalue weighted by atomic mass is 10.3. The molecule has 0 aliphatic carbocycles. The first kappa shape index (κ1) is 9.35. The van der Waals surface area contributed by atoms with Crippen molar-refractivity contribution >= 4 is 32.2 Å². The normalized spacial score (nSPS) is 11.3. The highest BCUT2D eigenvalue weighted by Gasteiger charge is 2.11. The number of aryl methyl sites for hydroxylation is 1. The van der Waals surface area contributed by atoms with E-state index in [1.54, 1.807) is 11.3 Å². The average molecular weight is 231 g/mol. The summed E-state index contributed by atoms with van der Waals surface area (Å²) in [5.74, 6) is 0. The lowest BCUT2D eigenvalue weighted by Crippen LogP contribution is -2.19. The Morgan fingerprint density at radius 3 is 2.94 bits per heavy atom. The third-order valence-electron chi connectivity index (χ3n) is 2.59. The summed E-state index contributed by atoms with van der Waals surface area (Å²) in [4.78, 5) is 17.1. The van der Waals surface area contributed by atoms with Crippen LogP contribution in [0.1, 0.15) is 5.69 Å². The van der Waals surface area contributed by atoms with E-state index in [0.717, 1.165) is 10.2 Å². The maximum Gasteiger partial charge on any atom is 0.282 e. The molecule has 2 heterocycles. The molecule has 3 rings (SSSR count). The van der Waals surface area contributed by atoms with Crippen LogP contribution in [0.5, 0.6) is 0 Å². The minimum atomic E-state index is -0.181. The van der Waals surface area contributed by atoms with Crippen molar-refractivity contribution in [3.8, 4) is 0 Å². The van der Waals surface area contributed by atoms with Gasteiger partial charge in [0.25, 0.3) is 5.56 Å². The van der Waals surface area contributed by atoms with Gasteiger partial charge in [0.05, 0.1) is 15.9 Å².